The molecule has 56 valence electrons. The van der Waals surface area contributed by atoms with E-state index in [1.54, 1.807) is 0 Å². The Bertz CT molecular complexity index is 94.5. The van der Waals surface area contributed by atoms with Crippen LogP contribution >= 0.6 is 37.2 Å². The van der Waals surface area contributed by atoms with Crippen LogP contribution in [0.15, 0.2) is 0 Å². The van der Waals surface area contributed by atoms with Crippen molar-refractivity contribution in [1.29, 1.82) is 0 Å². The summed E-state index contributed by atoms with van der Waals surface area (Å²) in [5.41, 5.74) is 0. The molecule has 0 aromatic rings. The lowest BCUT2D eigenvalue weighted by atomic mass is 15.8. The van der Waals surface area contributed by atoms with E-state index in [9.17, 15) is 0 Å². The molecule has 4 nitrogen and oxygen atoms in total. The van der Waals surface area contributed by atoms with E-state index in [2.05, 4.69) is 0 Å². The van der Waals surface area contributed by atoms with Crippen molar-refractivity contribution in [3.63, 3.8) is 0 Å². The van der Waals surface area contributed by atoms with E-state index in [0.29, 0.717) is 0 Å². The molecule has 8 heavy (non-hydrogen) atoms. The van der Waals surface area contributed by atoms with Crippen LogP contribution in [0.5, 0.6) is 0 Å². The molecule has 0 amide bonds. The van der Waals surface area contributed by atoms with Gasteiger partial charge in [0.2, 0.25) is 0 Å². The maximum Gasteiger partial charge on any atom is 0.394 e. The maximum absolute atomic E-state index is 8.74. The van der Waals surface area contributed by atoms with Crippen molar-refractivity contribution in [3.8, 4) is 0 Å². The molecule has 0 aliphatic rings. The molecule has 0 aromatic heterocycles. The first-order chi connectivity index (χ1) is 2.00. The molecular weight excluding hydrogens is 202 g/mol. The molecule has 0 aliphatic heterocycles. The number of halogens is 3. The number of hydrogen-bond donors (Lipinski definition) is 2. The van der Waals surface area contributed by atoms with Crippen LogP contribution in [0.25, 0.3) is 0 Å². The second-order valence-electron chi connectivity index (χ2n) is 0.448. The van der Waals surface area contributed by atoms with Crippen LogP contribution in [0.3, 0.4) is 0 Å². The Morgan fingerprint density at radius 2 is 0.875 bits per heavy atom. The minimum absolute atomic E-state index is 0. The fraction of sp³-hybridized carbons (Fsp3) is 0. The van der Waals surface area contributed by atoms with Crippen LogP contribution in [0, 0.1) is 0 Å². The molecule has 0 atom stereocenters. The average molecular weight is 207 g/mol. The molecule has 0 spiro atoms. The Balaban J connectivity index is -0.0000000267. The summed E-state index contributed by atoms with van der Waals surface area (Å²) in [6.07, 6.45) is 0. The highest BCUT2D eigenvalue weighted by Gasteiger charge is 1.84. The van der Waals surface area contributed by atoms with Crippen molar-refractivity contribution in [1.82, 2.24) is 0 Å². The Kier molecular flexibility index (Phi) is 22.5. The van der Waals surface area contributed by atoms with Crippen LogP contribution in [-0.4, -0.2) is 17.5 Å². The third-order valence-corrected chi connectivity index (χ3v) is 0. The van der Waals surface area contributed by atoms with E-state index in [0.717, 1.165) is 0 Å². The minimum Gasteiger partial charge on any atom is -0.264 e. The van der Waals surface area contributed by atoms with Crippen molar-refractivity contribution in [3.05, 3.63) is 0 Å². The van der Waals surface area contributed by atoms with Crippen LogP contribution < -0.4 is 0 Å². The van der Waals surface area contributed by atoms with Crippen LogP contribution in [0.4, 0.5) is 0 Å². The zero-order chi connectivity index (χ0) is 4.50. The maximum atomic E-state index is 8.74. The van der Waals surface area contributed by atoms with Gasteiger partial charge in [0.15, 0.2) is 0 Å². The molecule has 0 saturated carbocycles. The van der Waals surface area contributed by atoms with E-state index in [1.807, 2.05) is 0 Å². The highest BCUT2D eigenvalue weighted by molar-refractivity contribution is 7.79. The molecule has 0 radical (unpaired) electrons. The lowest BCUT2D eigenvalue weighted by molar-refractivity contribution is 0.381. The molecule has 0 bridgehead atoms. The van der Waals surface area contributed by atoms with Gasteiger partial charge in [0, 0.05) is 0 Å². The highest BCUT2D eigenvalue weighted by Crippen LogP contribution is 1.59. The van der Waals surface area contributed by atoms with Crippen molar-refractivity contribution in [2.24, 2.45) is 0 Å². The van der Waals surface area contributed by atoms with E-state index in [1.165, 1.54) is 0 Å². The van der Waals surface area contributed by atoms with Gasteiger partial charge in [0.05, 0.1) is 0 Å². The molecule has 0 rings (SSSR count). The standard InChI is InChI=1S/3ClH.H2O4S/c;;;1-5(2,3)4/h3*1H;(H2,1,2,3,4). The first kappa shape index (κ1) is 23.3. The molecule has 0 aliphatic carbocycles. The summed E-state index contributed by atoms with van der Waals surface area (Å²) < 4.78 is 31.6. The lowest BCUT2D eigenvalue weighted by Gasteiger charge is -1.68. The third kappa shape index (κ3) is 406. The quantitative estimate of drug-likeness (QED) is 0.571. The minimum atomic E-state index is -4.67. The summed E-state index contributed by atoms with van der Waals surface area (Å²) in [6, 6.07) is 0. The lowest BCUT2D eigenvalue weighted by Crippen LogP contribution is -1.89. The normalized spacial score (nSPS) is 7.25. The summed E-state index contributed by atoms with van der Waals surface area (Å²) in [7, 11) is -4.67. The molecule has 0 aromatic carbocycles. The zero-order valence-corrected chi connectivity index (χ0v) is 6.61. The molecule has 0 saturated heterocycles. The Labute approximate surface area is 65.5 Å². The molecule has 8 heteroatoms. The Morgan fingerprint density at radius 1 is 0.875 bits per heavy atom. The number of rotatable bonds is 0. The van der Waals surface area contributed by atoms with E-state index in [-0.39, 0.29) is 37.2 Å². The summed E-state index contributed by atoms with van der Waals surface area (Å²) in [5, 5.41) is 0. The van der Waals surface area contributed by atoms with Gasteiger partial charge in [0.1, 0.15) is 0 Å². The van der Waals surface area contributed by atoms with Gasteiger partial charge in [-0.1, -0.05) is 0 Å². The largest absolute Gasteiger partial charge is 0.394 e. The average Bonchev–Trinajstić information content (AvgIpc) is 0.722. The van der Waals surface area contributed by atoms with Gasteiger partial charge in [-0.3, -0.25) is 9.11 Å². The summed E-state index contributed by atoms with van der Waals surface area (Å²) in [4.78, 5) is 0. The Morgan fingerprint density at radius 3 is 0.875 bits per heavy atom. The molecule has 0 fully saturated rings. The predicted octanol–water partition coefficient (Wildman–Crippen LogP) is 0.613. The molecule has 2 N–H and O–H groups in total. The van der Waals surface area contributed by atoms with Crippen LogP contribution in [-0.2, 0) is 10.4 Å². The molecular formula is H5Cl3O4S. The van der Waals surface area contributed by atoms with Gasteiger partial charge in [0.25, 0.3) is 0 Å². The van der Waals surface area contributed by atoms with Gasteiger partial charge in [-0.15, -0.1) is 37.2 Å². The fourth-order valence-corrected chi connectivity index (χ4v) is 0. The first-order valence-electron chi connectivity index (χ1n) is 0.698. The molecule has 0 heterocycles. The van der Waals surface area contributed by atoms with E-state index >= 15 is 0 Å². The first-order valence-corrected chi connectivity index (χ1v) is 2.10. The van der Waals surface area contributed by atoms with Crippen molar-refractivity contribution >= 4 is 47.6 Å². The SMILES string of the molecule is Cl.Cl.Cl.O=S(=O)(O)O. The highest BCUT2D eigenvalue weighted by atomic mass is 35.5. The molecule has 0 unspecified atom stereocenters. The summed E-state index contributed by atoms with van der Waals surface area (Å²) in [6.45, 7) is 0. The van der Waals surface area contributed by atoms with Gasteiger partial charge in [-0.25, -0.2) is 0 Å². The summed E-state index contributed by atoms with van der Waals surface area (Å²) in [5.74, 6) is 0. The van der Waals surface area contributed by atoms with E-state index in [4.69, 9.17) is 17.5 Å². The topological polar surface area (TPSA) is 74.6 Å². The summed E-state index contributed by atoms with van der Waals surface area (Å²) >= 11 is 0. The number of hydrogen-bond acceptors (Lipinski definition) is 2. The van der Waals surface area contributed by atoms with Crippen LogP contribution in [0.2, 0.25) is 0 Å². The monoisotopic (exact) mass is 206 g/mol. The predicted molar refractivity (Wildman–Crippen MR) is 35.9 cm³/mol. The third-order valence-electron chi connectivity index (χ3n) is 0. The second kappa shape index (κ2) is 7.74. The van der Waals surface area contributed by atoms with E-state index < -0.39 is 10.4 Å². The smallest absolute Gasteiger partial charge is 0.264 e. The van der Waals surface area contributed by atoms with Gasteiger partial charge in [-0.05, 0) is 0 Å². The van der Waals surface area contributed by atoms with Crippen LogP contribution in [0.1, 0.15) is 0 Å². The van der Waals surface area contributed by atoms with Gasteiger partial charge >= 0.3 is 10.4 Å². The second-order valence-corrected chi connectivity index (χ2v) is 1.34. The van der Waals surface area contributed by atoms with Crippen molar-refractivity contribution in [2.45, 2.75) is 0 Å². The van der Waals surface area contributed by atoms with Crippen molar-refractivity contribution in [2.75, 3.05) is 0 Å². The Hall–Kier alpha value is 0.740. The van der Waals surface area contributed by atoms with Crippen molar-refractivity contribution < 1.29 is 17.5 Å². The van der Waals surface area contributed by atoms with Gasteiger partial charge in [-0.2, -0.15) is 8.42 Å². The van der Waals surface area contributed by atoms with Gasteiger partial charge < -0.3 is 0 Å². The fourth-order valence-electron chi connectivity index (χ4n) is 0. The zero-order valence-electron chi connectivity index (χ0n) is 3.34.